The molecule has 7 nitrogen and oxygen atoms in total. The van der Waals surface area contributed by atoms with Crippen molar-refractivity contribution in [1.29, 1.82) is 0 Å². The second kappa shape index (κ2) is 10.6. The summed E-state index contributed by atoms with van der Waals surface area (Å²) in [6.45, 7) is 10.6. The first-order chi connectivity index (χ1) is 16.9. The van der Waals surface area contributed by atoms with Gasteiger partial charge in [0.2, 0.25) is 5.91 Å². The minimum atomic E-state index is -0.726. The fourth-order valence-electron chi connectivity index (χ4n) is 4.82. The summed E-state index contributed by atoms with van der Waals surface area (Å²) in [4.78, 5) is 41.1. The van der Waals surface area contributed by atoms with Crippen LogP contribution in [-0.2, 0) is 14.9 Å². The van der Waals surface area contributed by atoms with E-state index < -0.39 is 11.0 Å². The van der Waals surface area contributed by atoms with Crippen LogP contribution in [0, 0.1) is 0 Å². The molecule has 0 radical (unpaired) electrons. The van der Waals surface area contributed by atoms with Crippen LogP contribution in [-0.4, -0.2) is 48.9 Å². The molecule has 2 heterocycles. The molecule has 2 aliphatic heterocycles. The normalized spacial score (nSPS) is 17.3. The lowest BCUT2D eigenvalue weighted by Gasteiger charge is -2.34. The van der Waals surface area contributed by atoms with Gasteiger partial charge in [-0.15, -0.1) is 0 Å². The molecule has 2 aliphatic rings. The van der Waals surface area contributed by atoms with Crippen molar-refractivity contribution in [3.63, 3.8) is 0 Å². The highest BCUT2D eigenvalue weighted by Gasteiger charge is 2.45. The van der Waals surface area contributed by atoms with Crippen molar-refractivity contribution < 1.29 is 19.1 Å². The maximum Gasteiger partial charge on any atom is 0.410 e. The number of nitrogens with two attached hydrogens (primary N) is 1. The van der Waals surface area contributed by atoms with Crippen molar-refractivity contribution in [3.05, 3.63) is 58.1 Å². The molecule has 2 N–H and O–H groups in total. The van der Waals surface area contributed by atoms with E-state index >= 15 is 0 Å². The lowest BCUT2D eigenvalue weighted by molar-refractivity contribution is -0.121. The summed E-state index contributed by atoms with van der Waals surface area (Å²) in [6, 6.07) is 11.3. The SMILES string of the molecule is CC(C)(C)OC(=O)N1CCC(c2ccc3c(c2)N(c2cccc(Cl)c2C=O)C(=O)C3(C)C)CC1.CN. The Kier molecular flexibility index (Phi) is 8.16. The number of piperidine rings is 1. The molecule has 0 bridgehead atoms. The lowest BCUT2D eigenvalue weighted by atomic mass is 9.83. The van der Waals surface area contributed by atoms with E-state index in [2.05, 4.69) is 17.9 Å². The Morgan fingerprint density at radius 3 is 2.33 bits per heavy atom. The van der Waals surface area contributed by atoms with Crippen molar-refractivity contribution in [2.24, 2.45) is 5.73 Å². The number of carbonyl (C=O) groups is 3. The van der Waals surface area contributed by atoms with Gasteiger partial charge in [0.1, 0.15) is 5.60 Å². The zero-order valence-corrected chi connectivity index (χ0v) is 22.7. The first-order valence-corrected chi connectivity index (χ1v) is 12.6. The first kappa shape index (κ1) is 27.7. The summed E-state index contributed by atoms with van der Waals surface area (Å²) in [5.74, 6) is 0.166. The van der Waals surface area contributed by atoms with Crippen molar-refractivity contribution in [2.45, 2.75) is 64.4 Å². The van der Waals surface area contributed by atoms with Gasteiger partial charge < -0.3 is 15.4 Å². The summed E-state index contributed by atoms with van der Waals surface area (Å²) in [6.07, 6.45) is 2.05. The van der Waals surface area contributed by atoms with Gasteiger partial charge in [0.15, 0.2) is 6.29 Å². The Hall–Kier alpha value is -2.90. The molecule has 0 spiro atoms. The molecule has 2 amide bonds. The minimum Gasteiger partial charge on any atom is -0.444 e. The van der Waals surface area contributed by atoms with Crippen LogP contribution < -0.4 is 10.6 Å². The van der Waals surface area contributed by atoms with Crippen LogP contribution in [0.1, 0.15) is 74.9 Å². The van der Waals surface area contributed by atoms with E-state index in [0.29, 0.717) is 35.6 Å². The van der Waals surface area contributed by atoms with E-state index in [1.54, 1.807) is 28.0 Å². The third-order valence-corrected chi connectivity index (χ3v) is 7.01. The van der Waals surface area contributed by atoms with Gasteiger partial charge in [-0.1, -0.05) is 29.8 Å². The number of rotatable bonds is 3. The zero-order chi connectivity index (χ0) is 26.8. The number of amides is 2. The van der Waals surface area contributed by atoms with Gasteiger partial charge in [0.05, 0.1) is 27.4 Å². The zero-order valence-electron chi connectivity index (χ0n) is 21.9. The smallest absolute Gasteiger partial charge is 0.410 e. The van der Waals surface area contributed by atoms with Gasteiger partial charge in [0, 0.05) is 13.1 Å². The van der Waals surface area contributed by atoms with Gasteiger partial charge in [-0.2, -0.15) is 0 Å². The fraction of sp³-hybridized carbons (Fsp3) is 0.464. The van der Waals surface area contributed by atoms with Crippen molar-refractivity contribution in [1.82, 2.24) is 4.90 Å². The van der Waals surface area contributed by atoms with E-state index in [0.717, 1.165) is 29.7 Å². The van der Waals surface area contributed by atoms with Crippen molar-refractivity contribution in [2.75, 3.05) is 25.0 Å². The number of ether oxygens (including phenoxy) is 1. The van der Waals surface area contributed by atoms with Crippen LogP contribution in [0.25, 0.3) is 0 Å². The summed E-state index contributed by atoms with van der Waals surface area (Å²) < 4.78 is 5.51. The molecule has 4 rings (SSSR count). The maximum absolute atomic E-state index is 13.5. The number of likely N-dealkylation sites (tertiary alicyclic amines) is 1. The van der Waals surface area contributed by atoms with Crippen LogP contribution in [0.2, 0.25) is 5.02 Å². The molecule has 194 valence electrons. The molecule has 0 unspecified atom stereocenters. The third-order valence-electron chi connectivity index (χ3n) is 6.68. The standard InChI is InChI=1S/C27H31ClN2O4.CH5N/c1-26(2,3)34-25(33)29-13-11-17(12-14-29)18-9-10-20-23(15-18)30(24(32)27(20,4)5)22-8-6-7-21(28)19(22)16-31;1-2/h6-10,15-17H,11-14H2,1-5H3;2H2,1H3. The van der Waals surface area contributed by atoms with Gasteiger partial charge in [0.25, 0.3) is 0 Å². The third kappa shape index (κ3) is 5.27. The number of hydrogen-bond acceptors (Lipinski definition) is 5. The van der Waals surface area contributed by atoms with Gasteiger partial charge in [-0.05, 0) is 89.8 Å². The molecule has 2 aromatic carbocycles. The maximum atomic E-state index is 13.5. The van der Waals surface area contributed by atoms with Crippen LogP contribution in [0.15, 0.2) is 36.4 Å². The molecular formula is C28H36ClN3O4. The van der Waals surface area contributed by atoms with Gasteiger partial charge >= 0.3 is 6.09 Å². The highest BCUT2D eigenvalue weighted by molar-refractivity contribution is 6.34. The van der Waals surface area contributed by atoms with Crippen LogP contribution in [0.4, 0.5) is 16.2 Å². The Labute approximate surface area is 218 Å². The summed E-state index contributed by atoms with van der Waals surface area (Å²) in [5.41, 5.74) is 6.88. The van der Waals surface area contributed by atoms with E-state index in [-0.39, 0.29) is 17.9 Å². The van der Waals surface area contributed by atoms with Gasteiger partial charge in [-0.3, -0.25) is 14.5 Å². The summed E-state index contributed by atoms with van der Waals surface area (Å²) in [5, 5.41) is 0.317. The van der Waals surface area contributed by atoms with Crippen molar-refractivity contribution in [3.8, 4) is 0 Å². The molecule has 1 fully saturated rings. The number of nitrogens with zero attached hydrogens (tertiary/aromatic N) is 2. The highest BCUT2D eigenvalue weighted by Crippen LogP contribution is 2.48. The monoisotopic (exact) mass is 513 g/mol. The second-order valence-corrected chi connectivity index (χ2v) is 11.0. The Morgan fingerprint density at radius 1 is 1.11 bits per heavy atom. The van der Waals surface area contributed by atoms with Crippen LogP contribution in [0.5, 0.6) is 0 Å². The predicted octanol–water partition coefficient (Wildman–Crippen LogP) is 5.80. The number of anilines is 2. The Bertz CT molecular complexity index is 1150. The average molecular weight is 514 g/mol. The number of fused-ring (bicyclic) bond motifs is 1. The Morgan fingerprint density at radius 2 is 1.75 bits per heavy atom. The topological polar surface area (TPSA) is 92.9 Å². The average Bonchev–Trinajstić information content (AvgIpc) is 3.04. The second-order valence-electron chi connectivity index (χ2n) is 10.6. The first-order valence-electron chi connectivity index (χ1n) is 12.2. The number of benzene rings is 2. The van der Waals surface area contributed by atoms with E-state index in [1.807, 2.05) is 40.7 Å². The van der Waals surface area contributed by atoms with Crippen LogP contribution in [0.3, 0.4) is 0 Å². The van der Waals surface area contributed by atoms with Crippen molar-refractivity contribution >= 4 is 41.3 Å². The largest absolute Gasteiger partial charge is 0.444 e. The molecular weight excluding hydrogens is 478 g/mol. The Balaban J connectivity index is 0.00000176. The number of hydrogen-bond donors (Lipinski definition) is 1. The molecule has 0 atom stereocenters. The van der Waals surface area contributed by atoms with E-state index in [1.165, 1.54) is 7.05 Å². The number of carbonyl (C=O) groups excluding carboxylic acids is 3. The van der Waals surface area contributed by atoms with E-state index in [4.69, 9.17) is 16.3 Å². The number of aldehydes is 1. The molecule has 2 aromatic rings. The van der Waals surface area contributed by atoms with Crippen LogP contribution >= 0.6 is 11.6 Å². The fourth-order valence-corrected chi connectivity index (χ4v) is 5.03. The predicted molar refractivity (Wildman–Crippen MR) is 143 cm³/mol. The quantitative estimate of drug-likeness (QED) is 0.524. The lowest BCUT2D eigenvalue weighted by Crippen LogP contribution is -2.41. The minimum absolute atomic E-state index is 0.0928. The number of halogens is 1. The molecule has 0 saturated carbocycles. The molecule has 0 aliphatic carbocycles. The van der Waals surface area contributed by atoms with Gasteiger partial charge in [-0.25, -0.2) is 4.79 Å². The molecule has 0 aromatic heterocycles. The van der Waals surface area contributed by atoms with E-state index in [9.17, 15) is 14.4 Å². The molecule has 36 heavy (non-hydrogen) atoms. The highest BCUT2D eigenvalue weighted by atomic mass is 35.5. The summed E-state index contributed by atoms with van der Waals surface area (Å²) in [7, 11) is 1.50. The molecule has 8 heteroatoms. The molecule has 1 saturated heterocycles. The summed E-state index contributed by atoms with van der Waals surface area (Å²) >= 11 is 6.27.